The second kappa shape index (κ2) is 9.48. The van der Waals surface area contributed by atoms with Crippen molar-refractivity contribution in [1.82, 2.24) is 20.2 Å². The van der Waals surface area contributed by atoms with E-state index in [-0.39, 0.29) is 0 Å². The molecule has 0 amide bonds. The first-order chi connectivity index (χ1) is 18.1. The molecule has 0 unspecified atom stereocenters. The second-order valence-corrected chi connectivity index (χ2v) is 9.65. The van der Waals surface area contributed by atoms with Crippen LogP contribution in [0.5, 0.6) is 5.75 Å². The number of methoxy groups -OCH3 is 1. The van der Waals surface area contributed by atoms with Crippen molar-refractivity contribution in [3.05, 3.63) is 90.1 Å². The SMILES string of the molecule is COc1cnc2c(N(C)c3ccc(Nc4nnc(-c5cc(C)cs5)c5ccccc45)cc3)ccnc2c1. The molecule has 1 N–H and O–H groups in total. The van der Waals surface area contributed by atoms with Gasteiger partial charge in [0.15, 0.2) is 5.82 Å². The van der Waals surface area contributed by atoms with E-state index in [0.717, 1.165) is 55.3 Å². The van der Waals surface area contributed by atoms with Crippen LogP contribution in [0, 0.1) is 6.92 Å². The topological polar surface area (TPSA) is 76.1 Å². The first-order valence-corrected chi connectivity index (χ1v) is 12.7. The summed E-state index contributed by atoms with van der Waals surface area (Å²) < 4.78 is 5.29. The zero-order valence-electron chi connectivity index (χ0n) is 20.6. The van der Waals surface area contributed by atoms with E-state index in [2.05, 4.69) is 73.0 Å². The summed E-state index contributed by atoms with van der Waals surface area (Å²) in [6, 6.07) is 22.5. The first kappa shape index (κ1) is 22.9. The smallest absolute Gasteiger partial charge is 0.161 e. The van der Waals surface area contributed by atoms with Crippen molar-refractivity contribution in [1.29, 1.82) is 0 Å². The minimum Gasteiger partial charge on any atom is -0.495 e. The molecule has 0 spiro atoms. The quantitative estimate of drug-likeness (QED) is 0.258. The van der Waals surface area contributed by atoms with Gasteiger partial charge >= 0.3 is 0 Å². The highest BCUT2D eigenvalue weighted by atomic mass is 32.1. The van der Waals surface area contributed by atoms with Crippen LogP contribution in [0.15, 0.2) is 84.5 Å². The van der Waals surface area contributed by atoms with Gasteiger partial charge in [-0.05, 0) is 54.3 Å². The lowest BCUT2D eigenvalue weighted by Gasteiger charge is -2.21. The lowest BCUT2D eigenvalue weighted by molar-refractivity contribution is 0.413. The van der Waals surface area contributed by atoms with Crippen LogP contribution in [0.25, 0.3) is 32.4 Å². The number of anilines is 4. The Morgan fingerprint density at radius 1 is 0.919 bits per heavy atom. The number of nitrogens with one attached hydrogen (secondary N) is 1. The third-order valence-electron chi connectivity index (χ3n) is 6.30. The summed E-state index contributed by atoms with van der Waals surface area (Å²) in [6.07, 6.45) is 3.50. The summed E-state index contributed by atoms with van der Waals surface area (Å²) in [5.41, 5.74) is 6.66. The number of ether oxygens (including phenoxy) is 1. The number of nitrogens with zero attached hydrogens (tertiary/aromatic N) is 5. The molecule has 6 aromatic rings. The molecule has 182 valence electrons. The molecule has 2 aromatic carbocycles. The average Bonchev–Trinajstić information content (AvgIpc) is 3.38. The Hall–Kier alpha value is -4.56. The molecular weight excluding hydrogens is 480 g/mol. The molecule has 0 atom stereocenters. The van der Waals surface area contributed by atoms with E-state index in [0.29, 0.717) is 5.75 Å². The van der Waals surface area contributed by atoms with Crippen molar-refractivity contribution >= 4 is 56.0 Å². The van der Waals surface area contributed by atoms with Gasteiger partial charge < -0.3 is 15.0 Å². The van der Waals surface area contributed by atoms with Gasteiger partial charge in [-0.25, -0.2) is 4.98 Å². The number of hydrogen-bond acceptors (Lipinski definition) is 8. The number of hydrogen-bond donors (Lipinski definition) is 1. The van der Waals surface area contributed by atoms with Crippen molar-refractivity contribution < 1.29 is 4.74 Å². The molecule has 0 bridgehead atoms. The van der Waals surface area contributed by atoms with Gasteiger partial charge in [-0.3, -0.25) is 4.98 Å². The Morgan fingerprint density at radius 2 is 1.73 bits per heavy atom. The predicted octanol–water partition coefficient (Wildman–Crippen LogP) is 7.13. The number of fused-ring (bicyclic) bond motifs is 2. The van der Waals surface area contributed by atoms with Crippen molar-refractivity contribution in [3.63, 3.8) is 0 Å². The first-order valence-electron chi connectivity index (χ1n) is 11.8. The maximum atomic E-state index is 5.29. The highest BCUT2D eigenvalue weighted by Gasteiger charge is 2.14. The minimum absolute atomic E-state index is 0.685. The molecule has 0 saturated heterocycles. The van der Waals surface area contributed by atoms with E-state index in [1.54, 1.807) is 30.8 Å². The van der Waals surface area contributed by atoms with E-state index in [1.807, 2.05) is 43.4 Å². The van der Waals surface area contributed by atoms with Gasteiger partial charge in [0.05, 0.1) is 29.4 Å². The van der Waals surface area contributed by atoms with Gasteiger partial charge in [-0.1, -0.05) is 24.3 Å². The Kier molecular flexibility index (Phi) is 5.86. The third-order valence-corrected chi connectivity index (χ3v) is 7.35. The molecule has 6 rings (SSSR count). The maximum absolute atomic E-state index is 5.29. The largest absolute Gasteiger partial charge is 0.495 e. The fourth-order valence-electron chi connectivity index (χ4n) is 4.36. The number of rotatable bonds is 6. The second-order valence-electron chi connectivity index (χ2n) is 8.73. The van der Waals surface area contributed by atoms with Crippen LogP contribution < -0.4 is 15.0 Å². The Morgan fingerprint density at radius 3 is 2.49 bits per heavy atom. The standard InChI is InChI=1S/C29H24N6OS/c1-18-14-26(37-17-18)27-22-6-4-5-7-23(22)29(34-33-27)32-19-8-10-20(11-9-19)35(2)25-12-13-30-24-15-21(36-3)16-31-28(24)25/h4-17H,1-3H3,(H,32,34). The van der Waals surface area contributed by atoms with E-state index < -0.39 is 0 Å². The summed E-state index contributed by atoms with van der Waals surface area (Å²) >= 11 is 1.69. The highest BCUT2D eigenvalue weighted by Crippen LogP contribution is 2.35. The minimum atomic E-state index is 0.685. The number of aryl methyl sites for hydroxylation is 1. The van der Waals surface area contributed by atoms with Crippen LogP contribution >= 0.6 is 11.3 Å². The van der Waals surface area contributed by atoms with Gasteiger partial charge in [0.1, 0.15) is 17.0 Å². The summed E-state index contributed by atoms with van der Waals surface area (Å²) in [7, 11) is 3.65. The zero-order chi connectivity index (χ0) is 25.4. The van der Waals surface area contributed by atoms with Crippen molar-refractivity contribution in [3.8, 4) is 16.3 Å². The van der Waals surface area contributed by atoms with Crippen LogP contribution in [-0.2, 0) is 0 Å². The molecular formula is C29H24N6OS. The summed E-state index contributed by atoms with van der Waals surface area (Å²) in [5, 5.41) is 16.8. The average molecular weight is 505 g/mol. The van der Waals surface area contributed by atoms with E-state index in [1.165, 1.54) is 5.56 Å². The van der Waals surface area contributed by atoms with Crippen LogP contribution in [0.2, 0.25) is 0 Å². The van der Waals surface area contributed by atoms with Gasteiger partial charge in [-0.15, -0.1) is 21.5 Å². The monoisotopic (exact) mass is 504 g/mol. The highest BCUT2D eigenvalue weighted by molar-refractivity contribution is 7.13. The fourth-order valence-corrected chi connectivity index (χ4v) is 5.25. The van der Waals surface area contributed by atoms with Crippen molar-refractivity contribution in [2.75, 3.05) is 24.4 Å². The van der Waals surface area contributed by atoms with Crippen molar-refractivity contribution in [2.45, 2.75) is 6.92 Å². The Bertz CT molecular complexity index is 1730. The van der Waals surface area contributed by atoms with E-state index in [4.69, 9.17) is 4.74 Å². The predicted molar refractivity (Wildman–Crippen MR) is 151 cm³/mol. The lowest BCUT2D eigenvalue weighted by atomic mass is 10.1. The van der Waals surface area contributed by atoms with Gasteiger partial charge in [0.25, 0.3) is 0 Å². The Balaban J connectivity index is 1.29. The molecule has 0 aliphatic heterocycles. The summed E-state index contributed by atoms with van der Waals surface area (Å²) in [4.78, 5) is 12.2. The molecule has 37 heavy (non-hydrogen) atoms. The third kappa shape index (κ3) is 4.32. The normalized spacial score (nSPS) is 11.1. The van der Waals surface area contributed by atoms with Crippen LogP contribution in [0.4, 0.5) is 22.9 Å². The summed E-state index contributed by atoms with van der Waals surface area (Å²) in [5.74, 6) is 1.41. The molecule has 4 heterocycles. The molecule has 7 nitrogen and oxygen atoms in total. The number of aromatic nitrogens is 4. The fraction of sp³-hybridized carbons (Fsp3) is 0.103. The number of pyridine rings is 2. The number of benzene rings is 2. The Labute approximate surface area is 218 Å². The number of thiophene rings is 1. The molecule has 0 radical (unpaired) electrons. The summed E-state index contributed by atoms with van der Waals surface area (Å²) in [6.45, 7) is 2.09. The van der Waals surface area contributed by atoms with E-state index in [9.17, 15) is 0 Å². The molecule has 0 fully saturated rings. The van der Waals surface area contributed by atoms with E-state index >= 15 is 0 Å². The van der Waals surface area contributed by atoms with Gasteiger partial charge in [0.2, 0.25) is 0 Å². The lowest BCUT2D eigenvalue weighted by Crippen LogP contribution is -2.10. The zero-order valence-corrected chi connectivity index (χ0v) is 21.5. The van der Waals surface area contributed by atoms with Crippen LogP contribution in [0.1, 0.15) is 5.56 Å². The van der Waals surface area contributed by atoms with Gasteiger partial charge in [-0.2, -0.15) is 0 Å². The van der Waals surface area contributed by atoms with Crippen molar-refractivity contribution in [2.24, 2.45) is 0 Å². The molecule has 0 aliphatic rings. The molecule has 8 heteroatoms. The molecule has 0 aliphatic carbocycles. The van der Waals surface area contributed by atoms with Crippen LogP contribution in [-0.4, -0.2) is 34.3 Å². The van der Waals surface area contributed by atoms with Gasteiger partial charge in [0, 0.05) is 41.5 Å². The van der Waals surface area contributed by atoms with Crippen LogP contribution in [0.3, 0.4) is 0 Å². The maximum Gasteiger partial charge on any atom is 0.161 e. The molecule has 0 saturated carbocycles. The molecule has 4 aromatic heterocycles.